The molecule has 2 atom stereocenters. The Morgan fingerprint density at radius 1 is 1.29 bits per heavy atom. The molecule has 0 saturated carbocycles. The molecule has 90 valence electrons. The van der Waals surface area contributed by atoms with Gasteiger partial charge in [0, 0.05) is 0 Å². The van der Waals surface area contributed by atoms with Crippen molar-refractivity contribution < 1.29 is 4.74 Å². The van der Waals surface area contributed by atoms with Crippen LogP contribution in [-0.4, -0.2) is 30.7 Å². The van der Waals surface area contributed by atoms with Gasteiger partial charge in [-0.25, -0.2) is 0 Å². The summed E-state index contributed by atoms with van der Waals surface area (Å²) < 4.78 is 6.07. The minimum Gasteiger partial charge on any atom is -0.365 e. The molecule has 1 aromatic carbocycles. The van der Waals surface area contributed by atoms with Crippen LogP contribution >= 0.6 is 0 Å². The molecule has 2 heteroatoms. The Morgan fingerprint density at radius 2 is 2.12 bits per heavy atom. The lowest BCUT2D eigenvalue weighted by Crippen LogP contribution is -2.48. The lowest BCUT2D eigenvalue weighted by atomic mass is 9.81. The standard InChI is InChI=1S/C15H19NO/c1-16-11-5-9-15(10-6-12-17-15)14(16)13-7-3-2-4-8-13/h2-4,6-8,10,14H,5,9,11-12H2,1H3. The van der Waals surface area contributed by atoms with Gasteiger partial charge in [0.2, 0.25) is 0 Å². The van der Waals surface area contributed by atoms with E-state index >= 15 is 0 Å². The van der Waals surface area contributed by atoms with Crippen molar-refractivity contribution >= 4 is 0 Å². The van der Waals surface area contributed by atoms with Crippen LogP contribution in [0.3, 0.4) is 0 Å². The smallest absolute Gasteiger partial charge is 0.106 e. The maximum atomic E-state index is 6.07. The van der Waals surface area contributed by atoms with Gasteiger partial charge in [0.1, 0.15) is 5.60 Å². The van der Waals surface area contributed by atoms with Gasteiger partial charge in [-0.1, -0.05) is 42.5 Å². The molecule has 17 heavy (non-hydrogen) atoms. The molecule has 1 spiro atoms. The van der Waals surface area contributed by atoms with E-state index in [-0.39, 0.29) is 5.60 Å². The van der Waals surface area contributed by atoms with E-state index in [1.165, 1.54) is 12.0 Å². The van der Waals surface area contributed by atoms with Crippen molar-refractivity contribution in [3.8, 4) is 0 Å². The number of ether oxygens (including phenoxy) is 1. The fraction of sp³-hybridized carbons (Fsp3) is 0.467. The average Bonchev–Trinajstić information content (AvgIpc) is 2.79. The maximum Gasteiger partial charge on any atom is 0.106 e. The molecule has 2 aliphatic heterocycles. The summed E-state index contributed by atoms with van der Waals surface area (Å²) >= 11 is 0. The molecule has 0 N–H and O–H groups in total. The summed E-state index contributed by atoms with van der Waals surface area (Å²) in [6, 6.07) is 11.1. The van der Waals surface area contributed by atoms with Gasteiger partial charge in [0.25, 0.3) is 0 Å². The molecule has 2 nitrogen and oxygen atoms in total. The van der Waals surface area contributed by atoms with Crippen molar-refractivity contribution in [2.24, 2.45) is 0 Å². The monoisotopic (exact) mass is 229 g/mol. The number of rotatable bonds is 1. The highest BCUT2D eigenvalue weighted by Gasteiger charge is 2.44. The van der Waals surface area contributed by atoms with Gasteiger partial charge >= 0.3 is 0 Å². The summed E-state index contributed by atoms with van der Waals surface area (Å²) in [4.78, 5) is 2.43. The molecule has 0 bridgehead atoms. The SMILES string of the molecule is CN1CCCC2(C=CCO2)C1c1ccccc1. The third kappa shape index (κ3) is 1.81. The second kappa shape index (κ2) is 4.28. The molecule has 2 unspecified atom stereocenters. The zero-order valence-electron chi connectivity index (χ0n) is 10.3. The summed E-state index contributed by atoms with van der Waals surface area (Å²) in [5.41, 5.74) is 1.27. The van der Waals surface area contributed by atoms with Gasteiger partial charge in [-0.2, -0.15) is 0 Å². The largest absolute Gasteiger partial charge is 0.365 e. The number of piperidine rings is 1. The van der Waals surface area contributed by atoms with Crippen LogP contribution < -0.4 is 0 Å². The molecule has 0 radical (unpaired) electrons. The second-order valence-corrected chi connectivity index (χ2v) is 5.07. The highest BCUT2D eigenvalue weighted by atomic mass is 16.5. The summed E-state index contributed by atoms with van der Waals surface area (Å²) in [5, 5.41) is 0. The minimum atomic E-state index is -0.0889. The van der Waals surface area contributed by atoms with Crippen molar-refractivity contribution in [1.82, 2.24) is 4.90 Å². The van der Waals surface area contributed by atoms with Gasteiger partial charge in [-0.05, 0) is 32.0 Å². The third-order valence-electron chi connectivity index (χ3n) is 3.95. The Bertz CT molecular complexity index is 414. The van der Waals surface area contributed by atoms with E-state index in [0.29, 0.717) is 6.04 Å². The molecule has 0 aromatic heterocycles. The first kappa shape index (κ1) is 11.0. The van der Waals surface area contributed by atoms with E-state index in [0.717, 1.165) is 19.6 Å². The topological polar surface area (TPSA) is 12.5 Å². The van der Waals surface area contributed by atoms with Crippen LogP contribution in [0, 0.1) is 0 Å². The lowest BCUT2D eigenvalue weighted by Gasteiger charge is -2.45. The number of nitrogens with zero attached hydrogens (tertiary/aromatic N) is 1. The van der Waals surface area contributed by atoms with E-state index in [1.54, 1.807) is 0 Å². The molecule has 0 amide bonds. The first-order valence-corrected chi connectivity index (χ1v) is 6.39. The van der Waals surface area contributed by atoms with Gasteiger partial charge in [0.15, 0.2) is 0 Å². The number of likely N-dealkylation sites (N-methyl/N-ethyl adjacent to an activating group) is 1. The Balaban J connectivity index is 2.00. The van der Waals surface area contributed by atoms with Gasteiger partial charge in [-0.3, -0.25) is 4.90 Å². The molecule has 2 aliphatic rings. The van der Waals surface area contributed by atoms with Gasteiger partial charge in [-0.15, -0.1) is 0 Å². The molecular weight excluding hydrogens is 210 g/mol. The van der Waals surface area contributed by atoms with Crippen LogP contribution in [-0.2, 0) is 4.74 Å². The van der Waals surface area contributed by atoms with E-state index < -0.39 is 0 Å². The fourth-order valence-corrected chi connectivity index (χ4v) is 3.24. The number of likely N-dealkylation sites (tertiary alicyclic amines) is 1. The minimum absolute atomic E-state index is 0.0889. The van der Waals surface area contributed by atoms with Crippen LogP contribution in [0.2, 0.25) is 0 Å². The van der Waals surface area contributed by atoms with E-state index in [9.17, 15) is 0 Å². The Hall–Kier alpha value is -1.12. The van der Waals surface area contributed by atoms with Crippen LogP contribution in [0.5, 0.6) is 0 Å². The number of hydrogen-bond acceptors (Lipinski definition) is 2. The summed E-state index contributed by atoms with van der Waals surface area (Å²) in [6.45, 7) is 1.91. The van der Waals surface area contributed by atoms with Crippen LogP contribution in [0.4, 0.5) is 0 Å². The van der Waals surface area contributed by atoms with Crippen molar-refractivity contribution in [3.05, 3.63) is 48.0 Å². The number of hydrogen-bond donors (Lipinski definition) is 0. The third-order valence-corrected chi connectivity index (χ3v) is 3.95. The fourth-order valence-electron chi connectivity index (χ4n) is 3.24. The van der Waals surface area contributed by atoms with Crippen molar-refractivity contribution in [3.63, 3.8) is 0 Å². The maximum absolute atomic E-state index is 6.07. The quantitative estimate of drug-likeness (QED) is 0.687. The van der Waals surface area contributed by atoms with Crippen LogP contribution in [0.25, 0.3) is 0 Å². The summed E-state index contributed by atoms with van der Waals surface area (Å²) in [6.07, 6.45) is 6.78. The highest BCUT2D eigenvalue weighted by molar-refractivity contribution is 5.28. The van der Waals surface area contributed by atoms with Gasteiger partial charge < -0.3 is 4.74 Å². The molecule has 1 fully saturated rings. The van der Waals surface area contributed by atoms with Gasteiger partial charge in [0.05, 0.1) is 12.6 Å². The Kier molecular flexibility index (Phi) is 2.77. The molecule has 3 rings (SSSR count). The van der Waals surface area contributed by atoms with Crippen LogP contribution in [0.1, 0.15) is 24.4 Å². The highest BCUT2D eigenvalue weighted by Crippen LogP contribution is 2.43. The first-order valence-electron chi connectivity index (χ1n) is 6.39. The van der Waals surface area contributed by atoms with Crippen molar-refractivity contribution in [2.75, 3.05) is 20.2 Å². The molecule has 1 aromatic rings. The summed E-state index contributed by atoms with van der Waals surface area (Å²) in [5.74, 6) is 0. The average molecular weight is 229 g/mol. The van der Waals surface area contributed by atoms with Crippen LogP contribution in [0.15, 0.2) is 42.5 Å². The molecule has 2 heterocycles. The second-order valence-electron chi connectivity index (χ2n) is 5.07. The normalized spacial score (nSPS) is 33.4. The first-order chi connectivity index (χ1) is 8.32. The zero-order chi connectivity index (χ0) is 11.7. The number of benzene rings is 1. The zero-order valence-corrected chi connectivity index (χ0v) is 10.3. The molecule has 0 aliphatic carbocycles. The predicted molar refractivity (Wildman–Crippen MR) is 68.9 cm³/mol. The summed E-state index contributed by atoms with van der Waals surface area (Å²) in [7, 11) is 2.20. The van der Waals surface area contributed by atoms with E-state index in [2.05, 4.69) is 54.4 Å². The Morgan fingerprint density at radius 3 is 2.82 bits per heavy atom. The lowest BCUT2D eigenvalue weighted by molar-refractivity contribution is -0.0702. The molecule has 1 saturated heterocycles. The predicted octanol–water partition coefficient (Wildman–Crippen LogP) is 2.78. The Labute approximate surface area is 103 Å². The molecular formula is C15H19NO. The van der Waals surface area contributed by atoms with E-state index in [4.69, 9.17) is 4.74 Å². The van der Waals surface area contributed by atoms with E-state index in [1.807, 2.05) is 0 Å². The van der Waals surface area contributed by atoms with Crippen molar-refractivity contribution in [2.45, 2.75) is 24.5 Å². The van der Waals surface area contributed by atoms with Crippen molar-refractivity contribution in [1.29, 1.82) is 0 Å².